The second kappa shape index (κ2) is 6.73. The normalized spacial score (nSPS) is 11.2. The summed E-state index contributed by atoms with van der Waals surface area (Å²) < 4.78 is 16.2. The van der Waals surface area contributed by atoms with Crippen molar-refractivity contribution in [1.82, 2.24) is 9.88 Å². The predicted molar refractivity (Wildman–Crippen MR) is 86.2 cm³/mol. The Morgan fingerprint density at radius 3 is 2.64 bits per heavy atom. The molecular weight excluding hydrogens is 279 g/mol. The molecule has 0 radical (unpaired) electrons. The van der Waals surface area contributed by atoms with Gasteiger partial charge in [-0.15, -0.1) is 0 Å². The number of nitrogens with zero attached hydrogens (tertiary/aromatic N) is 1. The Kier molecular flexibility index (Phi) is 4.51. The van der Waals surface area contributed by atoms with Gasteiger partial charge in [0.25, 0.3) is 0 Å². The second-order valence-corrected chi connectivity index (χ2v) is 5.29. The lowest BCUT2D eigenvalue weighted by molar-refractivity contribution is 0.291. The molecular formula is C18H19FN2O. The van der Waals surface area contributed by atoms with Crippen molar-refractivity contribution in [2.75, 3.05) is 13.2 Å². The SMILES string of the molecule is OCCNCc1c(F)ccc2c1ccn2Cc1ccccc1. The van der Waals surface area contributed by atoms with Crippen molar-refractivity contribution in [3.05, 3.63) is 71.7 Å². The third-order valence-electron chi connectivity index (χ3n) is 3.79. The van der Waals surface area contributed by atoms with E-state index in [1.807, 2.05) is 36.5 Å². The van der Waals surface area contributed by atoms with Gasteiger partial charge in [-0.05, 0) is 23.8 Å². The molecule has 3 rings (SSSR count). The van der Waals surface area contributed by atoms with E-state index in [1.165, 1.54) is 11.6 Å². The van der Waals surface area contributed by atoms with E-state index in [0.717, 1.165) is 17.4 Å². The van der Waals surface area contributed by atoms with Crippen LogP contribution in [0.4, 0.5) is 4.39 Å². The standard InChI is InChI=1S/C18H19FN2O/c19-17-6-7-18-15(16(17)12-20-9-11-22)8-10-21(18)13-14-4-2-1-3-5-14/h1-8,10,20,22H,9,11-13H2. The fourth-order valence-corrected chi connectivity index (χ4v) is 2.70. The molecule has 0 amide bonds. The highest BCUT2D eigenvalue weighted by molar-refractivity contribution is 5.84. The Balaban J connectivity index is 1.92. The number of nitrogens with one attached hydrogen (secondary N) is 1. The average Bonchev–Trinajstić information content (AvgIpc) is 2.94. The number of hydrogen-bond donors (Lipinski definition) is 2. The Bertz CT molecular complexity index is 752. The molecule has 0 saturated heterocycles. The molecule has 3 aromatic rings. The lowest BCUT2D eigenvalue weighted by Crippen LogP contribution is -2.18. The van der Waals surface area contributed by atoms with Gasteiger partial charge < -0.3 is 15.0 Å². The average molecular weight is 298 g/mol. The topological polar surface area (TPSA) is 37.2 Å². The summed E-state index contributed by atoms with van der Waals surface area (Å²) in [6.45, 7) is 1.69. The van der Waals surface area contributed by atoms with Gasteiger partial charge in [0.1, 0.15) is 5.82 Å². The van der Waals surface area contributed by atoms with Crippen LogP contribution in [0, 0.1) is 5.82 Å². The van der Waals surface area contributed by atoms with Crippen LogP contribution in [0.1, 0.15) is 11.1 Å². The number of rotatable bonds is 6. The van der Waals surface area contributed by atoms with Crippen LogP contribution in [0.5, 0.6) is 0 Å². The highest BCUT2D eigenvalue weighted by Gasteiger charge is 2.10. The molecule has 1 heterocycles. The van der Waals surface area contributed by atoms with Crippen molar-refractivity contribution in [3.8, 4) is 0 Å². The van der Waals surface area contributed by atoms with Crippen LogP contribution in [0.25, 0.3) is 10.9 Å². The number of hydrogen-bond acceptors (Lipinski definition) is 2. The van der Waals surface area contributed by atoms with Crippen molar-refractivity contribution >= 4 is 10.9 Å². The molecule has 114 valence electrons. The fraction of sp³-hybridized carbons (Fsp3) is 0.222. The van der Waals surface area contributed by atoms with Gasteiger partial charge in [-0.3, -0.25) is 0 Å². The zero-order chi connectivity index (χ0) is 15.4. The van der Waals surface area contributed by atoms with Crippen molar-refractivity contribution < 1.29 is 9.50 Å². The van der Waals surface area contributed by atoms with Crippen LogP contribution in [-0.4, -0.2) is 22.8 Å². The van der Waals surface area contributed by atoms with Gasteiger partial charge in [0.2, 0.25) is 0 Å². The molecule has 4 heteroatoms. The van der Waals surface area contributed by atoms with Gasteiger partial charge in [0, 0.05) is 42.3 Å². The maximum absolute atomic E-state index is 14.1. The van der Waals surface area contributed by atoms with Crippen LogP contribution in [-0.2, 0) is 13.1 Å². The van der Waals surface area contributed by atoms with Crippen molar-refractivity contribution in [1.29, 1.82) is 0 Å². The fourth-order valence-electron chi connectivity index (χ4n) is 2.70. The van der Waals surface area contributed by atoms with E-state index in [0.29, 0.717) is 18.7 Å². The van der Waals surface area contributed by atoms with Gasteiger partial charge in [0.05, 0.1) is 6.61 Å². The predicted octanol–water partition coefficient (Wildman–Crippen LogP) is 2.91. The molecule has 0 unspecified atom stereocenters. The van der Waals surface area contributed by atoms with E-state index in [4.69, 9.17) is 5.11 Å². The molecule has 0 saturated carbocycles. The van der Waals surface area contributed by atoms with Gasteiger partial charge in [0.15, 0.2) is 0 Å². The van der Waals surface area contributed by atoms with E-state index < -0.39 is 0 Å². The second-order valence-electron chi connectivity index (χ2n) is 5.29. The smallest absolute Gasteiger partial charge is 0.128 e. The van der Waals surface area contributed by atoms with E-state index in [-0.39, 0.29) is 12.4 Å². The van der Waals surface area contributed by atoms with Crippen molar-refractivity contribution in [3.63, 3.8) is 0 Å². The summed E-state index contributed by atoms with van der Waals surface area (Å²) in [5.41, 5.74) is 2.88. The van der Waals surface area contributed by atoms with Crippen molar-refractivity contribution in [2.45, 2.75) is 13.1 Å². The Morgan fingerprint density at radius 2 is 1.86 bits per heavy atom. The lowest BCUT2D eigenvalue weighted by Gasteiger charge is -2.09. The Labute approximate surface area is 129 Å². The summed E-state index contributed by atoms with van der Waals surface area (Å²) in [7, 11) is 0. The van der Waals surface area contributed by atoms with E-state index in [2.05, 4.69) is 22.0 Å². The van der Waals surface area contributed by atoms with E-state index in [9.17, 15) is 4.39 Å². The maximum atomic E-state index is 14.1. The quantitative estimate of drug-likeness (QED) is 0.687. The molecule has 0 aliphatic rings. The first-order chi connectivity index (χ1) is 10.8. The molecule has 0 atom stereocenters. The molecule has 1 aromatic heterocycles. The summed E-state index contributed by atoms with van der Waals surface area (Å²) in [4.78, 5) is 0. The Morgan fingerprint density at radius 1 is 1.05 bits per heavy atom. The summed E-state index contributed by atoms with van der Waals surface area (Å²) in [6, 6.07) is 15.5. The summed E-state index contributed by atoms with van der Waals surface area (Å²) >= 11 is 0. The van der Waals surface area contributed by atoms with Crippen LogP contribution >= 0.6 is 0 Å². The zero-order valence-corrected chi connectivity index (χ0v) is 12.3. The minimum Gasteiger partial charge on any atom is -0.395 e. The lowest BCUT2D eigenvalue weighted by atomic mass is 10.1. The number of benzene rings is 2. The first-order valence-electron chi connectivity index (χ1n) is 7.41. The number of halogens is 1. The first kappa shape index (κ1) is 14.8. The first-order valence-corrected chi connectivity index (χ1v) is 7.41. The Hall–Kier alpha value is -2.17. The monoisotopic (exact) mass is 298 g/mol. The van der Waals surface area contributed by atoms with E-state index in [1.54, 1.807) is 0 Å². The summed E-state index contributed by atoms with van der Waals surface area (Å²) in [6.07, 6.45) is 1.99. The van der Waals surface area contributed by atoms with Crippen LogP contribution in [0.2, 0.25) is 0 Å². The summed E-state index contributed by atoms with van der Waals surface area (Å²) in [5, 5.41) is 12.8. The van der Waals surface area contributed by atoms with E-state index >= 15 is 0 Å². The molecule has 2 N–H and O–H groups in total. The largest absolute Gasteiger partial charge is 0.395 e. The van der Waals surface area contributed by atoms with Crippen molar-refractivity contribution in [2.24, 2.45) is 0 Å². The molecule has 0 spiro atoms. The van der Waals surface area contributed by atoms with Crippen LogP contribution < -0.4 is 5.32 Å². The molecule has 0 fully saturated rings. The number of aliphatic hydroxyl groups is 1. The van der Waals surface area contributed by atoms with Gasteiger partial charge in [-0.2, -0.15) is 0 Å². The van der Waals surface area contributed by atoms with Gasteiger partial charge >= 0.3 is 0 Å². The molecule has 0 aliphatic heterocycles. The highest BCUT2D eigenvalue weighted by atomic mass is 19.1. The maximum Gasteiger partial charge on any atom is 0.128 e. The molecule has 0 aliphatic carbocycles. The van der Waals surface area contributed by atoms with Crippen LogP contribution in [0.15, 0.2) is 54.7 Å². The highest BCUT2D eigenvalue weighted by Crippen LogP contribution is 2.24. The molecule has 0 bridgehead atoms. The van der Waals surface area contributed by atoms with Gasteiger partial charge in [-0.25, -0.2) is 4.39 Å². The zero-order valence-electron chi connectivity index (χ0n) is 12.3. The van der Waals surface area contributed by atoms with Gasteiger partial charge in [-0.1, -0.05) is 30.3 Å². The minimum atomic E-state index is -0.213. The summed E-state index contributed by atoms with van der Waals surface area (Å²) in [5.74, 6) is -0.213. The molecule has 2 aromatic carbocycles. The number of fused-ring (bicyclic) bond motifs is 1. The molecule has 22 heavy (non-hydrogen) atoms. The number of aromatic nitrogens is 1. The third-order valence-corrected chi connectivity index (χ3v) is 3.79. The molecule has 3 nitrogen and oxygen atoms in total. The minimum absolute atomic E-state index is 0.0482. The van der Waals surface area contributed by atoms with Crippen LogP contribution in [0.3, 0.4) is 0 Å². The third kappa shape index (κ3) is 3.03. The number of aliphatic hydroxyl groups excluding tert-OH is 1.